The lowest BCUT2D eigenvalue weighted by atomic mass is 9.96. The van der Waals surface area contributed by atoms with Gasteiger partial charge in [-0.05, 0) is 62.5 Å². The summed E-state index contributed by atoms with van der Waals surface area (Å²) in [6, 6.07) is 5.21. The van der Waals surface area contributed by atoms with Crippen LogP contribution in [-0.4, -0.2) is 94.2 Å². The van der Waals surface area contributed by atoms with Crippen LogP contribution >= 0.6 is 0 Å². The first kappa shape index (κ1) is 41.5. The maximum absolute atomic E-state index is 13.5. The Bertz CT molecular complexity index is 1300. The van der Waals surface area contributed by atoms with Gasteiger partial charge in [0.05, 0.1) is 0 Å². The van der Waals surface area contributed by atoms with E-state index in [9.17, 15) is 19.2 Å². The minimum atomic E-state index is -1.76. The van der Waals surface area contributed by atoms with Crippen molar-refractivity contribution < 1.29 is 47.3 Å². The highest BCUT2D eigenvalue weighted by Crippen LogP contribution is 2.38. The van der Waals surface area contributed by atoms with Crippen molar-refractivity contribution >= 4 is 32.0 Å². The lowest BCUT2D eigenvalue weighted by molar-refractivity contribution is -0.243. The molecule has 0 aromatic heterocycles. The Labute approximate surface area is 298 Å². The van der Waals surface area contributed by atoms with Crippen LogP contribution < -0.4 is 20.7 Å². The van der Waals surface area contributed by atoms with Gasteiger partial charge in [-0.2, -0.15) is 0 Å². The zero-order valence-corrected chi connectivity index (χ0v) is 32.5. The molecule has 3 rings (SSSR count). The molecule has 3 N–H and O–H groups in total. The Morgan fingerprint density at radius 3 is 2.10 bits per heavy atom. The fourth-order valence-electron chi connectivity index (χ4n) is 5.74. The summed E-state index contributed by atoms with van der Waals surface area (Å²) in [5.74, 6) is -2.05. The Hall–Kier alpha value is -2.88. The van der Waals surface area contributed by atoms with Gasteiger partial charge in [0, 0.05) is 47.0 Å². The lowest BCUT2D eigenvalue weighted by Gasteiger charge is -2.42. The highest BCUT2D eigenvalue weighted by molar-refractivity contribution is 6.74. The van der Waals surface area contributed by atoms with Crippen molar-refractivity contribution in [3.8, 4) is 5.75 Å². The maximum Gasteiger partial charge on any atom is 0.308 e. The smallest absolute Gasteiger partial charge is 0.308 e. The van der Waals surface area contributed by atoms with Gasteiger partial charge >= 0.3 is 5.97 Å². The highest BCUT2D eigenvalue weighted by atomic mass is 28.4. The summed E-state index contributed by atoms with van der Waals surface area (Å²) >= 11 is 0. The molecule has 0 saturated carbocycles. The molecule has 6 unspecified atom stereocenters. The molecule has 3 amide bonds. The third-order valence-corrected chi connectivity index (χ3v) is 13.8. The van der Waals surface area contributed by atoms with E-state index >= 15 is 0 Å². The van der Waals surface area contributed by atoms with E-state index in [0.717, 1.165) is 37.9 Å². The molecule has 14 heteroatoms. The van der Waals surface area contributed by atoms with Crippen LogP contribution in [0.1, 0.15) is 86.6 Å². The van der Waals surface area contributed by atoms with Crippen molar-refractivity contribution in [2.45, 2.75) is 148 Å². The quantitative estimate of drug-likeness (QED) is 0.0925. The van der Waals surface area contributed by atoms with E-state index in [1.54, 1.807) is 38.1 Å². The van der Waals surface area contributed by atoms with E-state index in [2.05, 4.69) is 49.8 Å². The summed E-state index contributed by atoms with van der Waals surface area (Å²) in [5.41, 5.74) is 0.757. The average molecular weight is 722 g/mol. The molecule has 13 nitrogen and oxygen atoms in total. The molecule has 2 fully saturated rings. The SMILES string of the molecule is CC(=O)NC(Cc1ccc(OC(C)=O)cc1)C(=O)NCC1OC(OCCCCCCO[Si](C)(C)C(C)(C)C)C(NC(C)=O)C2OC(C)(C)OC12. The molecule has 0 spiro atoms. The molecular weight excluding hydrogens is 662 g/mol. The molecular formula is C36H59N3O10Si. The molecule has 2 aliphatic heterocycles. The van der Waals surface area contributed by atoms with Crippen LogP contribution in [-0.2, 0) is 49.0 Å². The summed E-state index contributed by atoms with van der Waals surface area (Å²) in [5, 5.41) is 8.74. The van der Waals surface area contributed by atoms with Gasteiger partial charge < -0.3 is 44.1 Å². The molecule has 1 aromatic carbocycles. The predicted molar refractivity (Wildman–Crippen MR) is 190 cm³/mol. The molecule has 2 aliphatic rings. The van der Waals surface area contributed by atoms with Crippen LogP contribution in [0.2, 0.25) is 18.1 Å². The van der Waals surface area contributed by atoms with Gasteiger partial charge in [-0.15, -0.1) is 0 Å². The summed E-state index contributed by atoms with van der Waals surface area (Å²) in [7, 11) is -1.76. The molecule has 1 aromatic rings. The average Bonchev–Trinajstić information content (AvgIpc) is 3.33. The first-order valence-corrected chi connectivity index (χ1v) is 20.5. The van der Waals surface area contributed by atoms with Crippen LogP contribution in [0.5, 0.6) is 5.75 Å². The summed E-state index contributed by atoms with van der Waals surface area (Å²) in [6.07, 6.45) is 1.21. The van der Waals surface area contributed by atoms with Gasteiger partial charge in [-0.3, -0.25) is 19.2 Å². The minimum absolute atomic E-state index is 0.0434. The molecule has 6 atom stereocenters. The van der Waals surface area contributed by atoms with Crippen molar-refractivity contribution in [3.63, 3.8) is 0 Å². The number of rotatable bonds is 17. The molecule has 2 saturated heterocycles. The number of carbonyl (C=O) groups is 4. The van der Waals surface area contributed by atoms with Crippen LogP contribution in [0.3, 0.4) is 0 Å². The topological polar surface area (TPSA) is 160 Å². The third kappa shape index (κ3) is 12.7. The van der Waals surface area contributed by atoms with Crippen molar-refractivity contribution in [1.82, 2.24) is 16.0 Å². The van der Waals surface area contributed by atoms with Crippen LogP contribution in [0.15, 0.2) is 24.3 Å². The van der Waals surface area contributed by atoms with Gasteiger partial charge in [0.25, 0.3) is 0 Å². The molecule has 0 aliphatic carbocycles. The monoisotopic (exact) mass is 721 g/mol. The first-order valence-electron chi connectivity index (χ1n) is 17.6. The largest absolute Gasteiger partial charge is 0.427 e. The summed E-state index contributed by atoms with van der Waals surface area (Å²) in [6.45, 7) is 20.1. The lowest BCUT2D eigenvalue weighted by Crippen LogP contribution is -2.64. The Kier molecular flexibility index (Phi) is 15.0. The normalized spacial score (nSPS) is 23.8. The zero-order valence-electron chi connectivity index (χ0n) is 31.5. The third-order valence-electron chi connectivity index (χ3n) is 9.24. The number of unbranched alkanes of at least 4 members (excludes halogenated alkanes) is 3. The van der Waals surface area contributed by atoms with E-state index in [4.69, 9.17) is 28.1 Å². The van der Waals surface area contributed by atoms with Crippen LogP contribution in [0.4, 0.5) is 0 Å². The standard InChI is InChI=1S/C36H59N3O10Si/c1-23(40)38-28(21-26-15-17-27(18-16-26)46-25(3)42)33(43)37-22-29-31-32(49-36(7,8)48-31)30(39-24(2)41)34(47-29)44-19-13-11-12-14-20-45-50(9,10)35(4,5)6/h15-18,28-32,34H,11-14,19-22H2,1-10H3,(H,37,43)(H,38,40)(H,39,41). The number of hydrogen-bond donors (Lipinski definition) is 3. The molecule has 0 bridgehead atoms. The number of esters is 1. The van der Waals surface area contributed by atoms with Crippen LogP contribution in [0, 0.1) is 0 Å². The predicted octanol–water partition coefficient (Wildman–Crippen LogP) is 4.12. The molecule has 2 heterocycles. The van der Waals surface area contributed by atoms with Crippen molar-refractivity contribution in [1.29, 1.82) is 0 Å². The highest BCUT2D eigenvalue weighted by Gasteiger charge is 2.56. The second-order valence-corrected chi connectivity index (χ2v) is 20.0. The van der Waals surface area contributed by atoms with Gasteiger partial charge in [-0.25, -0.2) is 0 Å². The number of hydrogen-bond acceptors (Lipinski definition) is 10. The molecule has 0 radical (unpaired) electrons. The van der Waals surface area contributed by atoms with Gasteiger partial charge in [-0.1, -0.05) is 45.7 Å². The number of amides is 3. The zero-order chi connectivity index (χ0) is 37.3. The van der Waals surface area contributed by atoms with Crippen molar-refractivity contribution in [2.24, 2.45) is 0 Å². The number of fused-ring (bicyclic) bond motifs is 1. The van der Waals surface area contributed by atoms with E-state index in [1.807, 2.05) is 0 Å². The van der Waals surface area contributed by atoms with Gasteiger partial charge in [0.1, 0.15) is 36.1 Å². The Morgan fingerprint density at radius 1 is 0.900 bits per heavy atom. The summed E-state index contributed by atoms with van der Waals surface area (Å²) in [4.78, 5) is 49.0. The maximum atomic E-state index is 13.5. The van der Waals surface area contributed by atoms with Crippen LogP contribution in [0.25, 0.3) is 0 Å². The van der Waals surface area contributed by atoms with E-state index in [1.165, 1.54) is 20.8 Å². The fraction of sp³-hybridized carbons (Fsp3) is 0.722. The van der Waals surface area contributed by atoms with Gasteiger partial charge in [0.2, 0.25) is 17.7 Å². The first-order chi connectivity index (χ1) is 23.3. The fourth-order valence-corrected chi connectivity index (χ4v) is 6.83. The number of benzene rings is 1. The number of nitrogens with one attached hydrogen (secondary N) is 3. The number of carbonyl (C=O) groups excluding carboxylic acids is 4. The van der Waals surface area contributed by atoms with E-state index < -0.39 is 62.7 Å². The van der Waals surface area contributed by atoms with E-state index in [0.29, 0.717) is 12.4 Å². The Balaban J connectivity index is 1.62. The number of ether oxygens (including phenoxy) is 5. The second-order valence-electron chi connectivity index (χ2n) is 15.2. The molecule has 282 valence electrons. The second kappa shape index (κ2) is 18.0. The van der Waals surface area contributed by atoms with Crippen molar-refractivity contribution in [2.75, 3.05) is 19.8 Å². The van der Waals surface area contributed by atoms with Gasteiger partial charge in [0.15, 0.2) is 20.4 Å². The Morgan fingerprint density at radius 2 is 1.52 bits per heavy atom. The minimum Gasteiger partial charge on any atom is -0.427 e. The van der Waals surface area contributed by atoms with E-state index in [-0.39, 0.29) is 29.8 Å². The molecule has 50 heavy (non-hydrogen) atoms. The summed E-state index contributed by atoms with van der Waals surface area (Å²) < 4.78 is 36.5. The van der Waals surface area contributed by atoms with Crippen molar-refractivity contribution in [3.05, 3.63) is 29.8 Å².